The van der Waals surface area contributed by atoms with Crippen molar-refractivity contribution < 1.29 is 18.0 Å². The van der Waals surface area contributed by atoms with Crippen LogP contribution >= 0.6 is 34.8 Å². The molecule has 0 heterocycles. The van der Waals surface area contributed by atoms with E-state index in [4.69, 9.17) is 34.8 Å². The molecule has 1 N–H and O–H groups in total. The first-order chi connectivity index (χ1) is 19.5. The van der Waals surface area contributed by atoms with Crippen LogP contribution in [0.4, 0.5) is 5.69 Å². The highest BCUT2D eigenvalue weighted by atomic mass is 35.5. The Labute approximate surface area is 263 Å². The molecule has 42 heavy (non-hydrogen) atoms. The lowest BCUT2D eigenvalue weighted by atomic mass is 10.1. The van der Waals surface area contributed by atoms with Gasteiger partial charge in [0, 0.05) is 17.1 Å². The van der Waals surface area contributed by atoms with Gasteiger partial charge >= 0.3 is 0 Å². The van der Waals surface area contributed by atoms with E-state index in [1.54, 1.807) is 56.3 Å². The lowest BCUT2D eigenvalue weighted by Gasteiger charge is -2.35. The van der Waals surface area contributed by atoms with Crippen molar-refractivity contribution in [2.24, 2.45) is 0 Å². The lowest BCUT2D eigenvalue weighted by molar-refractivity contribution is -0.141. The van der Waals surface area contributed by atoms with Crippen molar-refractivity contribution in [2.45, 2.75) is 71.0 Å². The molecule has 0 aromatic heterocycles. The minimum atomic E-state index is -4.21. The number of carbonyl (C=O) groups excluding carboxylic acids is 2. The number of sulfonamides is 1. The standard InChI is InChI=1S/C31H36Cl3N3O4S/c1-7-28(30(39)35-31(4,5)6)36(18-22-11-15-25(32)27(34)16-22)29(38)19-37(23-12-10-21(3)26(33)17-23)42(40,41)24-13-8-20(2)9-14-24/h8-17,28H,7,18-19H2,1-6H3,(H,35,39)/t28-/m1/s1. The Bertz CT molecular complexity index is 1550. The fourth-order valence-electron chi connectivity index (χ4n) is 4.31. The molecule has 7 nitrogen and oxygen atoms in total. The van der Waals surface area contributed by atoms with Crippen molar-refractivity contribution in [3.8, 4) is 0 Å². The van der Waals surface area contributed by atoms with Crippen LogP contribution in [0.3, 0.4) is 0 Å². The predicted octanol–water partition coefficient (Wildman–Crippen LogP) is 7.18. The summed E-state index contributed by atoms with van der Waals surface area (Å²) in [5, 5.41) is 3.94. The molecule has 0 radical (unpaired) electrons. The summed E-state index contributed by atoms with van der Waals surface area (Å²) >= 11 is 18.8. The first-order valence-electron chi connectivity index (χ1n) is 13.4. The Morgan fingerprint density at radius 1 is 0.881 bits per heavy atom. The van der Waals surface area contributed by atoms with Gasteiger partial charge in [-0.1, -0.05) is 71.6 Å². The Kier molecular flexibility index (Phi) is 11.0. The Hall–Kier alpha value is -2.78. The van der Waals surface area contributed by atoms with E-state index in [2.05, 4.69) is 5.32 Å². The summed E-state index contributed by atoms with van der Waals surface area (Å²) in [5.74, 6) is -0.936. The van der Waals surface area contributed by atoms with Crippen molar-refractivity contribution in [2.75, 3.05) is 10.8 Å². The van der Waals surface area contributed by atoms with E-state index in [0.29, 0.717) is 20.6 Å². The van der Waals surface area contributed by atoms with Gasteiger partial charge < -0.3 is 10.2 Å². The van der Waals surface area contributed by atoms with Gasteiger partial charge in [0.1, 0.15) is 12.6 Å². The molecule has 0 aliphatic rings. The van der Waals surface area contributed by atoms with E-state index in [0.717, 1.165) is 15.4 Å². The maximum atomic E-state index is 14.2. The summed E-state index contributed by atoms with van der Waals surface area (Å²) in [4.78, 5) is 29.0. The normalized spacial score (nSPS) is 12.5. The van der Waals surface area contributed by atoms with Gasteiger partial charge in [-0.3, -0.25) is 13.9 Å². The van der Waals surface area contributed by atoms with Gasteiger partial charge in [-0.15, -0.1) is 0 Å². The van der Waals surface area contributed by atoms with Crippen LogP contribution in [-0.2, 0) is 26.2 Å². The fourth-order valence-corrected chi connectivity index (χ4v) is 6.21. The third kappa shape index (κ3) is 8.40. The molecule has 11 heteroatoms. The number of carbonyl (C=O) groups is 2. The summed E-state index contributed by atoms with van der Waals surface area (Å²) in [6, 6.07) is 15.2. The Morgan fingerprint density at radius 2 is 1.52 bits per heavy atom. The monoisotopic (exact) mass is 651 g/mol. The largest absolute Gasteiger partial charge is 0.350 e. The second-order valence-corrected chi connectivity index (χ2v) is 14.3. The number of anilines is 1. The third-order valence-corrected chi connectivity index (χ3v) is 9.49. The van der Waals surface area contributed by atoms with Crippen LogP contribution in [0.25, 0.3) is 0 Å². The van der Waals surface area contributed by atoms with E-state index < -0.39 is 34.1 Å². The van der Waals surface area contributed by atoms with Gasteiger partial charge in [0.15, 0.2) is 0 Å². The molecule has 0 aliphatic carbocycles. The van der Waals surface area contributed by atoms with E-state index in [1.807, 2.05) is 27.7 Å². The third-order valence-electron chi connectivity index (χ3n) is 6.55. The number of aryl methyl sites for hydroxylation is 2. The molecule has 0 saturated heterocycles. The average Bonchev–Trinajstić information content (AvgIpc) is 2.90. The van der Waals surface area contributed by atoms with Crippen molar-refractivity contribution in [3.05, 3.63) is 92.4 Å². The smallest absolute Gasteiger partial charge is 0.264 e. The minimum Gasteiger partial charge on any atom is -0.350 e. The highest BCUT2D eigenvalue weighted by Crippen LogP contribution is 2.29. The van der Waals surface area contributed by atoms with Gasteiger partial charge in [0.25, 0.3) is 10.0 Å². The van der Waals surface area contributed by atoms with Crippen LogP contribution in [-0.4, -0.2) is 43.3 Å². The summed E-state index contributed by atoms with van der Waals surface area (Å²) in [7, 11) is -4.21. The second kappa shape index (κ2) is 13.7. The first kappa shape index (κ1) is 33.7. The molecule has 0 unspecified atom stereocenters. The molecule has 0 spiro atoms. The van der Waals surface area contributed by atoms with Crippen LogP contribution in [0.15, 0.2) is 65.6 Å². The molecule has 2 amide bonds. The van der Waals surface area contributed by atoms with Gasteiger partial charge in [0.05, 0.1) is 20.6 Å². The predicted molar refractivity (Wildman–Crippen MR) is 171 cm³/mol. The fraction of sp³-hybridized carbons (Fsp3) is 0.355. The van der Waals surface area contributed by atoms with Gasteiger partial charge in [-0.25, -0.2) is 8.42 Å². The molecule has 0 fully saturated rings. The van der Waals surface area contributed by atoms with Crippen LogP contribution in [0.5, 0.6) is 0 Å². The van der Waals surface area contributed by atoms with Crippen molar-refractivity contribution in [3.63, 3.8) is 0 Å². The number of hydrogen-bond acceptors (Lipinski definition) is 4. The number of nitrogens with one attached hydrogen (secondary N) is 1. The average molecular weight is 653 g/mol. The highest BCUT2D eigenvalue weighted by molar-refractivity contribution is 7.92. The van der Waals surface area contributed by atoms with Gasteiger partial charge in [-0.05, 0) is 88.6 Å². The first-order valence-corrected chi connectivity index (χ1v) is 16.0. The zero-order chi connectivity index (χ0) is 31.4. The van der Waals surface area contributed by atoms with E-state index in [1.165, 1.54) is 23.1 Å². The van der Waals surface area contributed by atoms with Crippen molar-refractivity contribution in [1.82, 2.24) is 10.2 Å². The molecule has 0 bridgehead atoms. The summed E-state index contributed by atoms with van der Waals surface area (Å²) in [5.41, 5.74) is 1.94. The molecular weight excluding hydrogens is 617 g/mol. The van der Waals surface area contributed by atoms with Gasteiger partial charge in [-0.2, -0.15) is 0 Å². The van der Waals surface area contributed by atoms with Crippen LogP contribution in [0.1, 0.15) is 50.8 Å². The molecule has 0 saturated carbocycles. The zero-order valence-corrected chi connectivity index (χ0v) is 27.6. The molecule has 0 aliphatic heterocycles. The number of hydrogen-bond donors (Lipinski definition) is 1. The van der Waals surface area contributed by atoms with Crippen molar-refractivity contribution >= 4 is 62.3 Å². The number of benzene rings is 3. The molecule has 3 aromatic rings. The highest BCUT2D eigenvalue weighted by Gasteiger charge is 2.34. The molecule has 3 rings (SSSR count). The Morgan fingerprint density at radius 3 is 2.07 bits per heavy atom. The Balaban J connectivity index is 2.11. The van der Waals surface area contributed by atoms with Gasteiger partial charge in [0.2, 0.25) is 11.8 Å². The summed E-state index contributed by atoms with van der Waals surface area (Å²) in [6.07, 6.45) is 0.288. The summed E-state index contributed by atoms with van der Waals surface area (Å²) < 4.78 is 29.0. The van der Waals surface area contributed by atoms with Crippen LogP contribution in [0.2, 0.25) is 15.1 Å². The number of amides is 2. The maximum Gasteiger partial charge on any atom is 0.264 e. The summed E-state index contributed by atoms with van der Waals surface area (Å²) in [6.45, 7) is 10.4. The molecule has 226 valence electrons. The maximum absolute atomic E-state index is 14.2. The number of nitrogens with zero attached hydrogens (tertiary/aromatic N) is 2. The number of halogens is 3. The SMILES string of the molecule is CC[C@H](C(=O)NC(C)(C)C)N(Cc1ccc(Cl)c(Cl)c1)C(=O)CN(c1ccc(C)c(Cl)c1)S(=O)(=O)c1ccc(C)cc1. The molecule has 3 aromatic carbocycles. The topological polar surface area (TPSA) is 86.8 Å². The van der Waals surface area contributed by atoms with Crippen LogP contribution < -0.4 is 9.62 Å². The molecule has 1 atom stereocenters. The molecular formula is C31H36Cl3N3O4S. The minimum absolute atomic E-state index is 0.00113. The van der Waals surface area contributed by atoms with E-state index in [-0.39, 0.29) is 29.5 Å². The van der Waals surface area contributed by atoms with E-state index >= 15 is 0 Å². The van der Waals surface area contributed by atoms with Crippen LogP contribution in [0, 0.1) is 13.8 Å². The lowest BCUT2D eigenvalue weighted by Crippen LogP contribution is -2.55. The van der Waals surface area contributed by atoms with Crippen molar-refractivity contribution in [1.29, 1.82) is 0 Å². The zero-order valence-electron chi connectivity index (χ0n) is 24.5. The quantitative estimate of drug-likeness (QED) is 0.251. The number of rotatable bonds is 10. The van der Waals surface area contributed by atoms with E-state index in [9.17, 15) is 18.0 Å². The second-order valence-electron chi connectivity index (χ2n) is 11.2.